The Morgan fingerprint density at radius 2 is 1.90 bits per heavy atom. The fourth-order valence-corrected chi connectivity index (χ4v) is 3.99. The van der Waals surface area contributed by atoms with E-state index in [-0.39, 0.29) is 28.0 Å². The Kier molecular flexibility index (Phi) is 7.46. The van der Waals surface area contributed by atoms with Crippen LogP contribution < -0.4 is 10.6 Å². The summed E-state index contributed by atoms with van der Waals surface area (Å²) < 4.78 is 0.530. The van der Waals surface area contributed by atoms with Gasteiger partial charge in [0.25, 0.3) is 11.6 Å². The van der Waals surface area contributed by atoms with E-state index in [1.165, 1.54) is 36.0 Å². The van der Waals surface area contributed by atoms with Gasteiger partial charge in [0.15, 0.2) is 4.34 Å². The van der Waals surface area contributed by atoms with Crippen LogP contribution in [0.25, 0.3) is 0 Å². The third-order valence-electron chi connectivity index (χ3n) is 3.85. The van der Waals surface area contributed by atoms with Crippen LogP contribution in [0.15, 0.2) is 58.9 Å². The van der Waals surface area contributed by atoms with E-state index >= 15 is 0 Å². The number of amides is 2. The molecule has 0 aliphatic carbocycles. The molecule has 1 heterocycles. The Morgan fingerprint density at radius 3 is 2.67 bits per heavy atom. The molecular formula is C19H17N5O4S2. The van der Waals surface area contributed by atoms with Gasteiger partial charge in [0, 0.05) is 24.2 Å². The van der Waals surface area contributed by atoms with Crippen molar-refractivity contribution in [1.82, 2.24) is 15.5 Å². The highest BCUT2D eigenvalue weighted by atomic mass is 32.2. The molecule has 1 aromatic heterocycles. The standard InChI is InChI=1S/C19H17N5O4S2/c25-16(20-10-9-13-5-2-1-3-6-13)12-29-19-23-22-18(30-19)21-17(26)14-7-4-8-15(11-14)24(27)28/h1-8,11H,9-10,12H2,(H,20,25)(H,21,22,26). The zero-order chi connectivity index (χ0) is 21.3. The number of rotatable bonds is 9. The summed E-state index contributed by atoms with van der Waals surface area (Å²) in [6.45, 7) is 0.546. The maximum atomic E-state index is 12.2. The van der Waals surface area contributed by atoms with Gasteiger partial charge < -0.3 is 5.32 Å². The van der Waals surface area contributed by atoms with Crippen molar-refractivity contribution in [2.24, 2.45) is 0 Å². The fourth-order valence-electron chi connectivity index (χ4n) is 2.42. The highest BCUT2D eigenvalue weighted by Crippen LogP contribution is 2.25. The lowest BCUT2D eigenvalue weighted by atomic mass is 10.1. The van der Waals surface area contributed by atoms with Crippen LogP contribution in [0.3, 0.4) is 0 Å². The number of carbonyl (C=O) groups is 2. The number of non-ortho nitro benzene ring substituents is 1. The molecule has 3 aromatic rings. The van der Waals surface area contributed by atoms with Crippen molar-refractivity contribution in [1.29, 1.82) is 0 Å². The Labute approximate surface area is 180 Å². The predicted octanol–water partition coefficient (Wildman–Crippen LogP) is 3.15. The highest BCUT2D eigenvalue weighted by molar-refractivity contribution is 8.01. The van der Waals surface area contributed by atoms with Gasteiger partial charge in [0.1, 0.15) is 0 Å². The molecule has 11 heteroatoms. The molecule has 0 radical (unpaired) electrons. The van der Waals surface area contributed by atoms with E-state index in [0.717, 1.165) is 23.3 Å². The number of nitrogens with one attached hydrogen (secondary N) is 2. The number of anilines is 1. The first-order chi connectivity index (χ1) is 14.5. The number of aromatic nitrogens is 2. The summed E-state index contributed by atoms with van der Waals surface area (Å²) in [5.74, 6) is -0.458. The summed E-state index contributed by atoms with van der Waals surface area (Å²) in [5, 5.41) is 24.3. The van der Waals surface area contributed by atoms with E-state index in [1.807, 2.05) is 30.3 Å². The van der Waals surface area contributed by atoms with Gasteiger partial charge >= 0.3 is 0 Å². The molecule has 0 atom stereocenters. The maximum Gasteiger partial charge on any atom is 0.270 e. The largest absolute Gasteiger partial charge is 0.355 e. The number of hydrogen-bond acceptors (Lipinski definition) is 8. The molecule has 0 saturated heterocycles. The van der Waals surface area contributed by atoms with Crippen LogP contribution >= 0.6 is 23.1 Å². The number of nitro groups is 1. The third-order valence-corrected chi connectivity index (χ3v) is 5.82. The minimum absolute atomic E-state index is 0.117. The summed E-state index contributed by atoms with van der Waals surface area (Å²) in [6.07, 6.45) is 0.754. The van der Waals surface area contributed by atoms with Crippen molar-refractivity contribution in [2.45, 2.75) is 10.8 Å². The molecule has 0 aliphatic rings. The van der Waals surface area contributed by atoms with E-state index in [1.54, 1.807) is 0 Å². The lowest BCUT2D eigenvalue weighted by Gasteiger charge is -2.04. The number of benzene rings is 2. The Morgan fingerprint density at radius 1 is 1.10 bits per heavy atom. The smallest absolute Gasteiger partial charge is 0.270 e. The zero-order valence-electron chi connectivity index (χ0n) is 15.6. The van der Waals surface area contributed by atoms with Crippen molar-refractivity contribution in [3.63, 3.8) is 0 Å². The van der Waals surface area contributed by atoms with E-state index in [9.17, 15) is 19.7 Å². The van der Waals surface area contributed by atoms with Crippen molar-refractivity contribution in [2.75, 3.05) is 17.6 Å². The molecule has 3 rings (SSSR count). The van der Waals surface area contributed by atoms with Gasteiger partial charge in [0.2, 0.25) is 11.0 Å². The van der Waals surface area contributed by atoms with Gasteiger partial charge in [-0.3, -0.25) is 25.0 Å². The molecule has 0 fully saturated rings. The fraction of sp³-hybridized carbons (Fsp3) is 0.158. The van der Waals surface area contributed by atoms with E-state index in [0.29, 0.717) is 10.9 Å². The molecule has 2 amide bonds. The predicted molar refractivity (Wildman–Crippen MR) is 115 cm³/mol. The maximum absolute atomic E-state index is 12.2. The second kappa shape index (κ2) is 10.5. The minimum atomic E-state index is -0.568. The van der Waals surface area contributed by atoms with Crippen molar-refractivity contribution in [3.8, 4) is 0 Å². The van der Waals surface area contributed by atoms with Crippen molar-refractivity contribution < 1.29 is 14.5 Å². The van der Waals surface area contributed by atoms with E-state index in [4.69, 9.17) is 0 Å². The average Bonchev–Trinajstić information content (AvgIpc) is 3.20. The molecule has 0 bridgehead atoms. The van der Waals surface area contributed by atoms with Gasteiger partial charge in [-0.1, -0.05) is 59.5 Å². The van der Waals surface area contributed by atoms with Crippen molar-refractivity contribution >= 4 is 45.7 Å². The number of carbonyl (C=O) groups excluding carboxylic acids is 2. The number of nitrogens with zero attached hydrogens (tertiary/aromatic N) is 3. The summed E-state index contributed by atoms with van der Waals surface area (Å²) in [6, 6.07) is 15.3. The second-order valence-electron chi connectivity index (χ2n) is 6.01. The molecule has 2 N–H and O–H groups in total. The summed E-state index contributed by atoms with van der Waals surface area (Å²) in [7, 11) is 0. The topological polar surface area (TPSA) is 127 Å². The third kappa shape index (κ3) is 6.36. The van der Waals surface area contributed by atoms with Gasteiger partial charge in [-0.15, -0.1) is 10.2 Å². The van der Waals surface area contributed by atoms with Gasteiger partial charge in [-0.25, -0.2) is 0 Å². The summed E-state index contributed by atoms with van der Waals surface area (Å²) in [5.41, 5.74) is 1.12. The van der Waals surface area contributed by atoms with Crippen LogP contribution in [0.1, 0.15) is 15.9 Å². The first-order valence-corrected chi connectivity index (χ1v) is 10.6. The molecule has 0 spiro atoms. The van der Waals surface area contributed by atoms with E-state index in [2.05, 4.69) is 20.8 Å². The molecule has 0 unspecified atom stereocenters. The second-order valence-corrected chi connectivity index (χ2v) is 8.21. The van der Waals surface area contributed by atoms with Crippen LogP contribution in [-0.4, -0.2) is 39.2 Å². The lowest BCUT2D eigenvalue weighted by molar-refractivity contribution is -0.384. The molecule has 0 aliphatic heterocycles. The molecule has 9 nitrogen and oxygen atoms in total. The van der Waals surface area contributed by atoms with Crippen LogP contribution in [0.5, 0.6) is 0 Å². The number of hydrogen-bond donors (Lipinski definition) is 2. The Balaban J connectivity index is 1.44. The van der Waals surface area contributed by atoms with Gasteiger partial charge in [-0.05, 0) is 18.1 Å². The van der Waals surface area contributed by atoms with Crippen LogP contribution in [0.2, 0.25) is 0 Å². The Bertz CT molecular complexity index is 1040. The summed E-state index contributed by atoms with van der Waals surface area (Å²) in [4.78, 5) is 34.4. The van der Waals surface area contributed by atoms with E-state index < -0.39 is 10.8 Å². The monoisotopic (exact) mass is 443 g/mol. The first-order valence-electron chi connectivity index (χ1n) is 8.84. The zero-order valence-corrected chi connectivity index (χ0v) is 17.2. The molecule has 30 heavy (non-hydrogen) atoms. The van der Waals surface area contributed by atoms with Crippen LogP contribution in [0, 0.1) is 10.1 Å². The van der Waals surface area contributed by atoms with Crippen LogP contribution in [-0.2, 0) is 11.2 Å². The quantitative estimate of drug-likeness (QED) is 0.225. The van der Waals surface area contributed by atoms with Gasteiger partial charge in [0.05, 0.1) is 10.7 Å². The first kappa shape index (κ1) is 21.4. The molecular weight excluding hydrogens is 426 g/mol. The summed E-state index contributed by atoms with van der Waals surface area (Å²) >= 11 is 2.34. The van der Waals surface area contributed by atoms with Crippen molar-refractivity contribution in [3.05, 3.63) is 75.8 Å². The molecule has 2 aromatic carbocycles. The Hall–Kier alpha value is -3.31. The minimum Gasteiger partial charge on any atom is -0.355 e. The number of nitro benzene ring substituents is 1. The van der Waals surface area contributed by atoms with Gasteiger partial charge in [-0.2, -0.15) is 0 Å². The number of thioether (sulfide) groups is 1. The molecule has 154 valence electrons. The normalized spacial score (nSPS) is 10.4. The van der Waals surface area contributed by atoms with Crippen LogP contribution in [0.4, 0.5) is 10.8 Å². The lowest BCUT2D eigenvalue weighted by Crippen LogP contribution is -2.27. The molecule has 0 saturated carbocycles. The average molecular weight is 444 g/mol. The highest BCUT2D eigenvalue weighted by Gasteiger charge is 2.14. The SMILES string of the molecule is O=C(CSc1nnc(NC(=O)c2cccc([N+](=O)[O-])c2)s1)NCCc1ccccc1.